The summed E-state index contributed by atoms with van der Waals surface area (Å²) in [5.41, 5.74) is 9.59. The molecule has 0 amide bonds. The molecule has 2 N–H and O–H groups in total. The smallest absolute Gasteiger partial charge is 0.219 e. The molecular formula is C32H44NO2S2+. The number of nitrogens with two attached hydrogens (primary N) is 1. The van der Waals surface area contributed by atoms with Crippen molar-refractivity contribution in [1.29, 1.82) is 0 Å². The summed E-state index contributed by atoms with van der Waals surface area (Å²) in [5.74, 6) is 1.60. The molecule has 2 aliphatic rings. The second kappa shape index (κ2) is 9.57. The molecule has 1 aliphatic carbocycles. The van der Waals surface area contributed by atoms with E-state index in [9.17, 15) is 4.79 Å². The lowest BCUT2D eigenvalue weighted by Crippen LogP contribution is -2.27. The quantitative estimate of drug-likeness (QED) is 0.225. The van der Waals surface area contributed by atoms with Crippen molar-refractivity contribution in [3.05, 3.63) is 78.4 Å². The summed E-state index contributed by atoms with van der Waals surface area (Å²) in [5, 5.41) is 0. The fraction of sp³-hybridized carbons (Fsp3) is 0.500. The Hall–Kier alpha value is -2.11. The van der Waals surface area contributed by atoms with Gasteiger partial charge in [0.1, 0.15) is 11.5 Å². The Morgan fingerprint density at radius 2 is 1.32 bits per heavy atom. The topological polar surface area (TPSA) is 52.3 Å². The van der Waals surface area contributed by atoms with Crippen molar-refractivity contribution >= 4 is 35.8 Å². The van der Waals surface area contributed by atoms with Crippen LogP contribution < -0.4 is 5.73 Å². The number of hydrogen-bond donors (Lipinski definition) is 2. The van der Waals surface area contributed by atoms with Gasteiger partial charge in [0.05, 0.1) is 10.6 Å². The average molecular weight is 539 g/mol. The van der Waals surface area contributed by atoms with E-state index >= 15 is 0 Å². The van der Waals surface area contributed by atoms with Gasteiger partial charge >= 0.3 is 0 Å². The van der Waals surface area contributed by atoms with Gasteiger partial charge in [-0.15, -0.1) is 12.6 Å². The maximum Gasteiger partial charge on any atom is 0.219 e. The van der Waals surface area contributed by atoms with Gasteiger partial charge in [-0.1, -0.05) is 83.1 Å². The number of ketones is 1. The molecule has 0 saturated heterocycles. The first-order chi connectivity index (χ1) is 16.6. The van der Waals surface area contributed by atoms with Crippen LogP contribution in [0.1, 0.15) is 98.4 Å². The Labute approximate surface area is 233 Å². The van der Waals surface area contributed by atoms with Gasteiger partial charge in [0, 0.05) is 44.9 Å². The van der Waals surface area contributed by atoms with Crippen LogP contribution in [0.25, 0.3) is 6.08 Å². The monoisotopic (exact) mass is 538 g/mol. The Bertz CT molecular complexity index is 1260. The highest BCUT2D eigenvalue weighted by Gasteiger charge is 2.36. The van der Waals surface area contributed by atoms with E-state index in [1.54, 1.807) is 0 Å². The number of rotatable bonds is 2. The van der Waals surface area contributed by atoms with Crippen LogP contribution in [0.3, 0.4) is 0 Å². The number of thiol groups is 1. The van der Waals surface area contributed by atoms with Crippen molar-refractivity contribution < 1.29 is 9.53 Å². The van der Waals surface area contributed by atoms with Gasteiger partial charge in [-0.25, -0.2) is 0 Å². The van der Waals surface area contributed by atoms with E-state index in [1.165, 1.54) is 9.75 Å². The average Bonchev–Trinajstić information content (AvgIpc) is 2.73. The van der Waals surface area contributed by atoms with Crippen LogP contribution in [-0.4, -0.2) is 5.78 Å². The van der Waals surface area contributed by atoms with E-state index in [4.69, 9.17) is 23.1 Å². The minimum atomic E-state index is -0.237. The Morgan fingerprint density at radius 1 is 0.811 bits per heavy atom. The summed E-state index contributed by atoms with van der Waals surface area (Å²) >= 11 is 6.64. The molecule has 5 heteroatoms. The van der Waals surface area contributed by atoms with Crippen LogP contribution in [0.5, 0.6) is 0 Å². The Balaban J connectivity index is 2.12. The maximum atomic E-state index is 13.3. The largest absolute Gasteiger partial charge is 0.464 e. The molecular weight excluding hydrogens is 494 g/mol. The minimum Gasteiger partial charge on any atom is -0.464 e. The lowest BCUT2D eigenvalue weighted by atomic mass is 9.82. The molecule has 37 heavy (non-hydrogen) atoms. The summed E-state index contributed by atoms with van der Waals surface area (Å²) in [4.78, 5) is 16.6. The molecule has 200 valence electrons. The summed E-state index contributed by atoms with van der Waals surface area (Å²) in [7, 11) is 0. The van der Waals surface area contributed by atoms with Crippen LogP contribution in [-0.2, 0) is 20.4 Å². The van der Waals surface area contributed by atoms with Crippen LogP contribution in [0, 0.1) is 10.8 Å². The van der Waals surface area contributed by atoms with Crippen molar-refractivity contribution in [2.24, 2.45) is 16.6 Å². The van der Waals surface area contributed by atoms with Crippen molar-refractivity contribution in [2.45, 2.75) is 93.9 Å². The summed E-state index contributed by atoms with van der Waals surface area (Å²) < 4.78 is 6.30. The predicted molar refractivity (Wildman–Crippen MR) is 162 cm³/mol. The van der Waals surface area contributed by atoms with Crippen molar-refractivity contribution in [3.63, 3.8) is 0 Å². The first kappa shape index (κ1) is 29.4. The van der Waals surface area contributed by atoms with Crippen LogP contribution in [0.4, 0.5) is 0 Å². The highest BCUT2D eigenvalue weighted by molar-refractivity contribution is 7.84. The second-order valence-corrected chi connectivity index (χ2v) is 15.8. The molecule has 1 aromatic heterocycles. The third kappa shape index (κ3) is 6.31. The van der Waals surface area contributed by atoms with Gasteiger partial charge in [0.2, 0.25) is 21.1 Å². The third-order valence-electron chi connectivity index (χ3n) is 6.38. The maximum absolute atomic E-state index is 13.3. The number of carbonyl (C=O) groups excluding carboxylic acids is 1. The normalized spacial score (nSPS) is 19.9. The Kier molecular flexibility index (Phi) is 7.62. The van der Waals surface area contributed by atoms with Gasteiger partial charge in [-0.05, 0) is 29.4 Å². The van der Waals surface area contributed by atoms with Gasteiger partial charge < -0.3 is 10.5 Å². The predicted octanol–water partition coefficient (Wildman–Crippen LogP) is 8.88. The zero-order chi connectivity index (χ0) is 28.3. The van der Waals surface area contributed by atoms with Gasteiger partial charge in [-0.2, -0.15) is 0 Å². The molecule has 2 heterocycles. The number of Topliss-reactive ketones (excluding diaryl/α,β-unsaturated/α-hetero) is 1. The third-order valence-corrected chi connectivity index (χ3v) is 8.74. The molecule has 0 saturated carbocycles. The van der Waals surface area contributed by atoms with Gasteiger partial charge in [0.15, 0.2) is 5.78 Å². The van der Waals surface area contributed by atoms with Crippen LogP contribution in [0.2, 0.25) is 0 Å². The number of ether oxygens (including phenoxy) is 1. The number of allylic oxidation sites excluding steroid dienone is 7. The fourth-order valence-corrected chi connectivity index (χ4v) is 5.69. The van der Waals surface area contributed by atoms with Crippen molar-refractivity contribution in [2.75, 3.05) is 0 Å². The summed E-state index contributed by atoms with van der Waals surface area (Å²) in [6.45, 7) is 26.0. The van der Waals surface area contributed by atoms with E-state index in [1.807, 2.05) is 29.6 Å². The molecule has 3 nitrogen and oxygen atoms in total. The van der Waals surface area contributed by atoms with Crippen molar-refractivity contribution in [1.82, 2.24) is 0 Å². The van der Waals surface area contributed by atoms with Gasteiger partial charge in [-0.3, -0.25) is 4.79 Å². The van der Waals surface area contributed by atoms with E-state index in [0.717, 1.165) is 27.6 Å². The number of carbonyl (C=O) groups is 1. The van der Waals surface area contributed by atoms with Crippen molar-refractivity contribution in [3.8, 4) is 0 Å². The standard InChI is InChI=1S/C32H43NO2S2/c1-29(2,3)22-17-19(27(36)28(35-22)32(10,11)12)16-21-25(33)20(26(21)34)13-18-14-23(30(4,5)6)37-24(15-18)31(7,8)9/h13-17H,1-12H3,(H2-,33,34,36)/p+1. The molecule has 0 unspecified atom stereocenters. The highest BCUT2D eigenvalue weighted by Crippen LogP contribution is 2.44. The molecule has 0 atom stereocenters. The first-order valence-electron chi connectivity index (χ1n) is 12.9. The van der Waals surface area contributed by atoms with E-state index < -0.39 is 0 Å². The molecule has 0 radical (unpaired) electrons. The van der Waals surface area contributed by atoms with E-state index in [-0.39, 0.29) is 27.4 Å². The molecule has 1 aliphatic heterocycles. The lowest BCUT2D eigenvalue weighted by molar-refractivity contribution is -0.112. The lowest BCUT2D eigenvalue weighted by Gasteiger charge is -2.34. The fourth-order valence-electron chi connectivity index (χ4n) is 3.94. The Morgan fingerprint density at radius 3 is 1.73 bits per heavy atom. The second-order valence-electron chi connectivity index (χ2n) is 14.2. The molecule has 1 aromatic rings. The zero-order valence-corrected chi connectivity index (χ0v) is 26.3. The highest BCUT2D eigenvalue weighted by atomic mass is 32.1. The SMILES string of the molecule is CC(C)(C)C1=CC(=CC2=C(N)C(=Cc3cc(C(C)(C)C)[s+]c(C(C)(C)C)c3)C2=O)C(S)=C(C(C)(C)C)O1. The molecule has 0 fully saturated rings. The van der Waals surface area contributed by atoms with E-state index in [0.29, 0.717) is 16.8 Å². The van der Waals surface area contributed by atoms with Crippen LogP contribution >= 0.6 is 24.0 Å². The molecule has 0 bridgehead atoms. The molecule has 0 aromatic carbocycles. The summed E-state index contributed by atoms with van der Waals surface area (Å²) in [6, 6.07) is 4.37. The van der Waals surface area contributed by atoms with Crippen LogP contribution in [0.15, 0.2) is 63.1 Å². The first-order valence-corrected chi connectivity index (χ1v) is 14.2. The zero-order valence-electron chi connectivity index (χ0n) is 24.6. The minimum absolute atomic E-state index is 0.0139. The number of hydrogen-bond acceptors (Lipinski definition) is 4. The van der Waals surface area contributed by atoms with Gasteiger partial charge in [0.25, 0.3) is 0 Å². The molecule has 0 spiro atoms. The molecule has 3 rings (SSSR count). The summed E-state index contributed by atoms with van der Waals surface area (Å²) in [6.07, 6.45) is 5.79. The van der Waals surface area contributed by atoms with E-state index in [2.05, 4.69) is 95.2 Å².